The van der Waals surface area contributed by atoms with Crippen molar-refractivity contribution in [3.8, 4) is 17.4 Å². The number of aromatic nitrogens is 1. The number of hydrogen-bond donors (Lipinski definition) is 1. The molecule has 30 heavy (non-hydrogen) atoms. The molecule has 1 aromatic carbocycles. The van der Waals surface area contributed by atoms with Crippen LogP contribution in [-0.4, -0.2) is 43.3 Å². The number of ether oxygens (including phenoxy) is 3. The molecule has 0 aliphatic carbocycles. The molecule has 0 bridgehead atoms. The maximum Gasteiger partial charge on any atom is 0.259 e. The van der Waals surface area contributed by atoms with E-state index in [0.717, 1.165) is 36.5 Å². The molecule has 1 amide bonds. The van der Waals surface area contributed by atoms with Crippen LogP contribution in [0, 0.1) is 0 Å². The fraction of sp³-hybridized carbons (Fsp3) is 0.478. The van der Waals surface area contributed by atoms with Gasteiger partial charge in [-0.1, -0.05) is 12.1 Å². The molecule has 1 aliphatic heterocycles. The fourth-order valence-electron chi connectivity index (χ4n) is 3.63. The van der Waals surface area contributed by atoms with Crippen LogP contribution in [0.5, 0.6) is 17.4 Å². The Balaban J connectivity index is 1.64. The molecular formula is C23H31N3O4. The number of rotatable bonds is 8. The van der Waals surface area contributed by atoms with Crippen molar-refractivity contribution >= 4 is 11.6 Å². The number of hydrogen-bond acceptors (Lipinski definition) is 6. The quantitative estimate of drug-likeness (QED) is 0.711. The average molecular weight is 414 g/mol. The number of pyridine rings is 1. The summed E-state index contributed by atoms with van der Waals surface area (Å²) in [7, 11) is 1.64. The highest BCUT2D eigenvalue weighted by molar-refractivity contribution is 5.73. The topological polar surface area (TPSA) is 72.9 Å². The Kier molecular flexibility index (Phi) is 7.03. The third-order valence-corrected chi connectivity index (χ3v) is 4.99. The van der Waals surface area contributed by atoms with Crippen molar-refractivity contribution in [1.29, 1.82) is 0 Å². The monoisotopic (exact) mass is 413 g/mol. The molecule has 1 fully saturated rings. The van der Waals surface area contributed by atoms with Gasteiger partial charge in [0.1, 0.15) is 11.9 Å². The van der Waals surface area contributed by atoms with Crippen LogP contribution in [-0.2, 0) is 4.79 Å². The Morgan fingerprint density at radius 2 is 1.93 bits per heavy atom. The van der Waals surface area contributed by atoms with Crippen molar-refractivity contribution < 1.29 is 19.0 Å². The predicted molar refractivity (Wildman–Crippen MR) is 116 cm³/mol. The summed E-state index contributed by atoms with van der Waals surface area (Å²) in [6.45, 7) is 9.04. The number of carbonyl (C=O) groups is 1. The number of nitrogens with one attached hydrogen (secondary N) is 1. The molecule has 0 saturated carbocycles. The maximum atomic E-state index is 11.2. The van der Waals surface area contributed by atoms with Gasteiger partial charge in [0.2, 0.25) is 11.7 Å². The van der Waals surface area contributed by atoms with Gasteiger partial charge < -0.3 is 24.4 Å². The Morgan fingerprint density at radius 1 is 1.20 bits per heavy atom. The Morgan fingerprint density at radius 3 is 2.57 bits per heavy atom. The lowest BCUT2D eigenvalue weighted by Gasteiger charge is -2.23. The lowest BCUT2D eigenvalue weighted by Crippen LogP contribution is -2.25. The van der Waals surface area contributed by atoms with Gasteiger partial charge in [-0.15, -0.1) is 0 Å². The minimum atomic E-state index is -0.0395. The van der Waals surface area contributed by atoms with E-state index in [4.69, 9.17) is 14.2 Å². The van der Waals surface area contributed by atoms with Crippen molar-refractivity contribution in [3.63, 3.8) is 0 Å². The molecule has 1 aromatic heterocycles. The van der Waals surface area contributed by atoms with Crippen LogP contribution >= 0.6 is 0 Å². The van der Waals surface area contributed by atoms with Crippen LogP contribution in [0.4, 0.5) is 5.69 Å². The molecule has 1 saturated heterocycles. The smallest absolute Gasteiger partial charge is 0.259 e. The van der Waals surface area contributed by atoms with E-state index in [2.05, 4.69) is 15.2 Å². The largest absolute Gasteiger partial charge is 0.490 e. The molecule has 0 spiro atoms. The first-order chi connectivity index (χ1) is 14.4. The minimum Gasteiger partial charge on any atom is -0.490 e. The molecule has 162 valence electrons. The lowest BCUT2D eigenvalue weighted by molar-refractivity contribution is -0.119. The number of amides is 1. The molecule has 2 atom stereocenters. The van der Waals surface area contributed by atoms with Gasteiger partial charge in [-0.3, -0.25) is 4.79 Å². The summed E-state index contributed by atoms with van der Waals surface area (Å²) < 4.78 is 17.6. The normalized spacial score (nSPS) is 17.0. The van der Waals surface area contributed by atoms with Gasteiger partial charge in [0.05, 0.1) is 31.5 Å². The van der Waals surface area contributed by atoms with Gasteiger partial charge in [-0.2, -0.15) is 0 Å². The Labute approximate surface area is 178 Å². The van der Waals surface area contributed by atoms with Crippen LogP contribution in [0.2, 0.25) is 0 Å². The van der Waals surface area contributed by atoms with E-state index in [1.807, 2.05) is 51.1 Å². The summed E-state index contributed by atoms with van der Waals surface area (Å²) in [6.07, 6.45) is 2.76. The second-order valence-electron chi connectivity index (χ2n) is 7.80. The van der Waals surface area contributed by atoms with E-state index in [0.29, 0.717) is 11.6 Å². The molecule has 2 aromatic rings. The van der Waals surface area contributed by atoms with Crippen LogP contribution < -0.4 is 24.4 Å². The number of carbonyl (C=O) groups excluding carboxylic acids is 1. The first-order valence-corrected chi connectivity index (χ1v) is 10.4. The summed E-state index contributed by atoms with van der Waals surface area (Å²) in [5, 5.41) is 2.89. The standard InChI is InChI=1S/C23H31N3O4/c1-15(2)29-23-22(28-5)21(10-12-24-23)26-13-11-20(14-26)30-19-8-6-18(7-9-19)16(3)25-17(4)27/h6-10,12,15-16,20H,11,13-14H2,1-5H3,(H,25,27)/t16-,20+/m0/s1. The van der Waals surface area contributed by atoms with Crippen molar-refractivity contribution in [3.05, 3.63) is 42.1 Å². The highest BCUT2D eigenvalue weighted by atomic mass is 16.5. The molecule has 0 unspecified atom stereocenters. The summed E-state index contributed by atoms with van der Waals surface area (Å²) in [5.41, 5.74) is 2.01. The first kappa shape index (κ1) is 21.7. The van der Waals surface area contributed by atoms with E-state index >= 15 is 0 Å². The second-order valence-corrected chi connectivity index (χ2v) is 7.80. The lowest BCUT2D eigenvalue weighted by atomic mass is 10.1. The third kappa shape index (κ3) is 5.34. The zero-order valence-electron chi connectivity index (χ0n) is 18.3. The number of anilines is 1. The summed E-state index contributed by atoms with van der Waals surface area (Å²) in [5.74, 6) is 1.95. The van der Waals surface area contributed by atoms with Crippen LogP contribution in [0.1, 0.15) is 45.7 Å². The number of benzene rings is 1. The van der Waals surface area contributed by atoms with E-state index in [-0.39, 0.29) is 24.2 Å². The molecule has 1 aliphatic rings. The van der Waals surface area contributed by atoms with Crippen LogP contribution in [0.3, 0.4) is 0 Å². The van der Waals surface area contributed by atoms with Gasteiger partial charge >= 0.3 is 0 Å². The van der Waals surface area contributed by atoms with Crippen molar-refractivity contribution in [1.82, 2.24) is 10.3 Å². The summed E-state index contributed by atoms with van der Waals surface area (Å²) >= 11 is 0. The zero-order chi connectivity index (χ0) is 21.7. The molecule has 3 rings (SSSR count). The molecular weight excluding hydrogens is 382 g/mol. The maximum absolute atomic E-state index is 11.2. The van der Waals surface area contributed by atoms with Crippen molar-refractivity contribution in [2.24, 2.45) is 0 Å². The highest BCUT2D eigenvalue weighted by Gasteiger charge is 2.28. The first-order valence-electron chi connectivity index (χ1n) is 10.4. The number of methoxy groups -OCH3 is 1. The van der Waals surface area contributed by atoms with Gasteiger partial charge in [0.25, 0.3) is 5.88 Å². The molecule has 7 heteroatoms. The van der Waals surface area contributed by atoms with Gasteiger partial charge in [0.15, 0.2) is 0 Å². The van der Waals surface area contributed by atoms with E-state index < -0.39 is 0 Å². The number of nitrogens with zero attached hydrogens (tertiary/aromatic N) is 2. The molecule has 0 radical (unpaired) electrons. The zero-order valence-corrected chi connectivity index (χ0v) is 18.3. The Bertz CT molecular complexity index is 854. The summed E-state index contributed by atoms with van der Waals surface area (Å²) in [4.78, 5) is 17.8. The van der Waals surface area contributed by atoms with E-state index in [1.165, 1.54) is 6.92 Å². The van der Waals surface area contributed by atoms with Crippen molar-refractivity contribution in [2.45, 2.75) is 52.4 Å². The van der Waals surface area contributed by atoms with Gasteiger partial charge in [-0.05, 0) is 44.5 Å². The Hall–Kier alpha value is -2.96. The fourth-order valence-corrected chi connectivity index (χ4v) is 3.63. The molecule has 1 N–H and O–H groups in total. The predicted octanol–water partition coefficient (Wildman–Crippen LogP) is 3.73. The minimum absolute atomic E-state index is 0.0210. The summed E-state index contributed by atoms with van der Waals surface area (Å²) in [6, 6.07) is 9.82. The van der Waals surface area contributed by atoms with Gasteiger partial charge in [-0.25, -0.2) is 4.98 Å². The third-order valence-electron chi connectivity index (χ3n) is 4.99. The average Bonchev–Trinajstić information content (AvgIpc) is 3.15. The SMILES string of the molecule is COc1c(N2CC[C@@H](Oc3ccc([C@H](C)NC(C)=O)cc3)C2)ccnc1OC(C)C. The molecule has 7 nitrogen and oxygen atoms in total. The van der Waals surface area contributed by atoms with Crippen molar-refractivity contribution in [2.75, 3.05) is 25.1 Å². The van der Waals surface area contributed by atoms with Crippen LogP contribution in [0.25, 0.3) is 0 Å². The van der Waals surface area contributed by atoms with E-state index in [1.54, 1.807) is 13.3 Å². The van der Waals surface area contributed by atoms with Crippen LogP contribution in [0.15, 0.2) is 36.5 Å². The van der Waals surface area contributed by atoms with Gasteiger partial charge in [0, 0.05) is 26.1 Å². The molecule has 2 heterocycles. The second kappa shape index (κ2) is 9.69. The van der Waals surface area contributed by atoms with E-state index in [9.17, 15) is 4.79 Å². The highest BCUT2D eigenvalue weighted by Crippen LogP contribution is 2.38.